The summed E-state index contributed by atoms with van der Waals surface area (Å²) in [6, 6.07) is 12.2. The normalized spacial score (nSPS) is 14.4. The number of piperazine rings is 1. The number of hydrogen-bond donors (Lipinski definition) is 0. The maximum Gasteiger partial charge on any atom is 0.254 e. The third-order valence-electron chi connectivity index (χ3n) is 5.45. The Morgan fingerprint density at radius 1 is 1.06 bits per heavy atom. The van der Waals surface area contributed by atoms with Crippen LogP contribution in [0.4, 0.5) is 5.82 Å². The van der Waals surface area contributed by atoms with Gasteiger partial charge in [-0.15, -0.1) is 11.3 Å². The Kier molecular flexibility index (Phi) is 5.67. The standard InChI is InChI=1S/C23H22N4O2S2/c1-29-13-19-24-21(20-18(15-31-22(20)25-19)16-5-3-2-4-6-16)26-8-10-27(11-9-26)23(28)17-7-12-30-14-17/h2-7,12,14-15H,8-11,13H2,1H3. The van der Waals surface area contributed by atoms with Gasteiger partial charge in [0.25, 0.3) is 5.91 Å². The number of methoxy groups -OCH3 is 1. The number of benzene rings is 1. The fourth-order valence-corrected chi connectivity index (χ4v) is 5.50. The Hall–Kier alpha value is -2.81. The molecule has 0 aliphatic carbocycles. The van der Waals surface area contributed by atoms with Gasteiger partial charge >= 0.3 is 0 Å². The molecule has 0 bridgehead atoms. The molecule has 158 valence electrons. The zero-order chi connectivity index (χ0) is 21.2. The second-order valence-corrected chi connectivity index (χ2v) is 9.02. The van der Waals surface area contributed by atoms with Crippen molar-refractivity contribution >= 4 is 44.6 Å². The molecule has 1 aliphatic heterocycles. The zero-order valence-electron chi connectivity index (χ0n) is 17.2. The first kappa shape index (κ1) is 20.1. The summed E-state index contributed by atoms with van der Waals surface area (Å²) >= 11 is 3.19. The summed E-state index contributed by atoms with van der Waals surface area (Å²) in [5, 5.41) is 7.09. The number of nitrogens with zero attached hydrogens (tertiary/aromatic N) is 4. The largest absolute Gasteiger partial charge is 0.377 e. The van der Waals surface area contributed by atoms with Crippen LogP contribution in [-0.2, 0) is 11.3 Å². The molecule has 5 rings (SSSR count). The average Bonchev–Trinajstić information content (AvgIpc) is 3.49. The van der Waals surface area contributed by atoms with Gasteiger partial charge in [0.05, 0.1) is 10.9 Å². The van der Waals surface area contributed by atoms with Crippen LogP contribution in [0.1, 0.15) is 16.2 Å². The molecule has 1 aromatic carbocycles. The molecule has 4 aromatic rings. The summed E-state index contributed by atoms with van der Waals surface area (Å²) in [7, 11) is 1.66. The molecule has 1 saturated heterocycles. The average molecular weight is 451 g/mol. The summed E-state index contributed by atoms with van der Waals surface area (Å²) in [5.41, 5.74) is 3.08. The Morgan fingerprint density at radius 3 is 2.58 bits per heavy atom. The second kappa shape index (κ2) is 8.74. The monoisotopic (exact) mass is 450 g/mol. The van der Waals surface area contributed by atoms with E-state index in [1.54, 1.807) is 29.8 Å². The van der Waals surface area contributed by atoms with E-state index >= 15 is 0 Å². The van der Waals surface area contributed by atoms with E-state index in [2.05, 4.69) is 22.4 Å². The number of aromatic nitrogens is 2. The van der Waals surface area contributed by atoms with Crippen LogP contribution >= 0.6 is 22.7 Å². The van der Waals surface area contributed by atoms with Crippen molar-refractivity contribution in [2.75, 3.05) is 38.2 Å². The van der Waals surface area contributed by atoms with Crippen molar-refractivity contribution in [1.82, 2.24) is 14.9 Å². The van der Waals surface area contributed by atoms with Crippen molar-refractivity contribution in [2.24, 2.45) is 0 Å². The minimum Gasteiger partial charge on any atom is -0.377 e. The molecule has 8 heteroatoms. The lowest BCUT2D eigenvalue weighted by atomic mass is 10.1. The van der Waals surface area contributed by atoms with Crippen LogP contribution in [0.25, 0.3) is 21.3 Å². The van der Waals surface area contributed by atoms with Crippen molar-refractivity contribution in [3.63, 3.8) is 0 Å². The van der Waals surface area contributed by atoms with Gasteiger partial charge in [-0.05, 0) is 17.0 Å². The predicted octanol–water partition coefficient (Wildman–Crippen LogP) is 4.53. The number of hydrogen-bond acceptors (Lipinski definition) is 7. The molecule has 4 heterocycles. The lowest BCUT2D eigenvalue weighted by Gasteiger charge is -2.35. The number of carbonyl (C=O) groups is 1. The number of thiophene rings is 2. The van der Waals surface area contributed by atoms with Crippen LogP contribution < -0.4 is 4.90 Å². The highest BCUT2D eigenvalue weighted by molar-refractivity contribution is 7.17. The SMILES string of the molecule is COCc1nc(N2CCN(C(=O)c3ccsc3)CC2)c2c(-c3ccccc3)csc2n1. The van der Waals surface area contributed by atoms with Gasteiger partial charge in [-0.3, -0.25) is 4.79 Å². The topological polar surface area (TPSA) is 58.6 Å². The molecular formula is C23H22N4O2S2. The molecule has 0 unspecified atom stereocenters. The Morgan fingerprint density at radius 2 is 1.87 bits per heavy atom. The van der Waals surface area contributed by atoms with E-state index in [0.29, 0.717) is 25.5 Å². The number of anilines is 1. The molecule has 1 aliphatic rings. The molecule has 0 saturated carbocycles. The highest BCUT2D eigenvalue weighted by Crippen LogP contribution is 2.38. The minimum absolute atomic E-state index is 0.106. The molecule has 0 atom stereocenters. The predicted molar refractivity (Wildman–Crippen MR) is 126 cm³/mol. The zero-order valence-corrected chi connectivity index (χ0v) is 18.8. The van der Waals surface area contributed by atoms with Gasteiger partial charge in [0.15, 0.2) is 5.82 Å². The molecule has 0 radical (unpaired) electrons. The van der Waals surface area contributed by atoms with Gasteiger partial charge in [-0.2, -0.15) is 11.3 Å². The molecule has 31 heavy (non-hydrogen) atoms. The number of rotatable bonds is 5. The molecule has 3 aromatic heterocycles. The molecule has 1 fully saturated rings. The van der Waals surface area contributed by atoms with Crippen molar-refractivity contribution < 1.29 is 9.53 Å². The highest BCUT2D eigenvalue weighted by Gasteiger charge is 2.26. The van der Waals surface area contributed by atoms with Crippen molar-refractivity contribution in [1.29, 1.82) is 0 Å². The first-order chi connectivity index (χ1) is 15.2. The van der Waals surface area contributed by atoms with Crippen LogP contribution in [0.5, 0.6) is 0 Å². The van der Waals surface area contributed by atoms with Gasteiger partial charge in [0, 0.05) is 49.6 Å². The first-order valence-corrected chi connectivity index (χ1v) is 12.0. The Labute approximate surface area is 188 Å². The lowest BCUT2D eigenvalue weighted by Crippen LogP contribution is -2.49. The third-order valence-corrected chi connectivity index (χ3v) is 7.01. The second-order valence-electron chi connectivity index (χ2n) is 7.38. The number of amides is 1. The first-order valence-electron chi connectivity index (χ1n) is 10.1. The van der Waals surface area contributed by atoms with Crippen LogP contribution in [0.2, 0.25) is 0 Å². The van der Waals surface area contributed by atoms with Crippen molar-refractivity contribution in [2.45, 2.75) is 6.61 Å². The van der Waals surface area contributed by atoms with Gasteiger partial charge in [0.2, 0.25) is 0 Å². The van der Waals surface area contributed by atoms with Crippen molar-refractivity contribution in [3.05, 3.63) is 63.9 Å². The smallest absolute Gasteiger partial charge is 0.254 e. The maximum absolute atomic E-state index is 12.7. The Balaban J connectivity index is 1.48. The summed E-state index contributed by atoms with van der Waals surface area (Å²) in [5.74, 6) is 1.72. The van der Waals surface area contributed by atoms with E-state index in [0.717, 1.165) is 45.8 Å². The van der Waals surface area contributed by atoms with Crippen LogP contribution in [0, 0.1) is 0 Å². The molecule has 0 N–H and O–H groups in total. The van der Waals surface area contributed by atoms with Gasteiger partial charge < -0.3 is 14.5 Å². The van der Waals surface area contributed by atoms with E-state index in [4.69, 9.17) is 14.7 Å². The van der Waals surface area contributed by atoms with E-state index < -0.39 is 0 Å². The fourth-order valence-electron chi connectivity index (χ4n) is 3.91. The van der Waals surface area contributed by atoms with E-state index in [-0.39, 0.29) is 5.91 Å². The number of carbonyl (C=O) groups excluding carboxylic acids is 1. The molecule has 6 nitrogen and oxygen atoms in total. The van der Waals surface area contributed by atoms with Crippen molar-refractivity contribution in [3.8, 4) is 11.1 Å². The van der Waals surface area contributed by atoms with E-state index in [9.17, 15) is 4.79 Å². The van der Waals surface area contributed by atoms with Gasteiger partial charge in [-0.1, -0.05) is 30.3 Å². The Bertz CT molecular complexity index is 1180. The van der Waals surface area contributed by atoms with Crippen LogP contribution in [0.3, 0.4) is 0 Å². The number of fused-ring (bicyclic) bond motifs is 1. The lowest BCUT2D eigenvalue weighted by molar-refractivity contribution is 0.0747. The summed E-state index contributed by atoms with van der Waals surface area (Å²) < 4.78 is 5.31. The third kappa shape index (κ3) is 3.94. The fraction of sp³-hybridized carbons (Fsp3) is 0.261. The summed E-state index contributed by atoms with van der Waals surface area (Å²) in [6.07, 6.45) is 0. The van der Waals surface area contributed by atoms with Gasteiger partial charge in [0.1, 0.15) is 17.3 Å². The summed E-state index contributed by atoms with van der Waals surface area (Å²) in [4.78, 5) is 27.5. The van der Waals surface area contributed by atoms with Gasteiger partial charge in [-0.25, -0.2) is 9.97 Å². The number of ether oxygens (including phenoxy) is 1. The quantitative estimate of drug-likeness (QED) is 0.447. The van der Waals surface area contributed by atoms with Crippen LogP contribution in [0.15, 0.2) is 52.5 Å². The highest BCUT2D eigenvalue weighted by atomic mass is 32.1. The molecular weight excluding hydrogens is 428 g/mol. The van der Waals surface area contributed by atoms with E-state index in [1.807, 2.05) is 39.9 Å². The molecule has 0 spiro atoms. The molecule has 1 amide bonds. The summed E-state index contributed by atoms with van der Waals surface area (Å²) in [6.45, 7) is 3.18. The van der Waals surface area contributed by atoms with Crippen LogP contribution in [-0.4, -0.2) is 54.1 Å². The van der Waals surface area contributed by atoms with E-state index in [1.165, 1.54) is 0 Å². The minimum atomic E-state index is 0.106. The maximum atomic E-state index is 12.7.